The molecule has 7 heteroatoms. The predicted octanol–water partition coefficient (Wildman–Crippen LogP) is 4.73. The van der Waals surface area contributed by atoms with Gasteiger partial charge >= 0.3 is 6.01 Å². The SMILES string of the molecule is CC(C)NCc1cnc(Oc2cc(Cl)c(Cl)cc2Cl)nc1. The lowest BCUT2D eigenvalue weighted by atomic mass is 10.3. The van der Waals surface area contributed by atoms with Crippen LogP contribution in [0.25, 0.3) is 0 Å². The highest BCUT2D eigenvalue weighted by atomic mass is 35.5. The molecule has 0 amide bonds. The Bertz CT molecular complexity index is 618. The second kappa shape index (κ2) is 7.27. The summed E-state index contributed by atoms with van der Waals surface area (Å²) in [7, 11) is 0. The van der Waals surface area contributed by atoms with Crippen LogP contribution in [0, 0.1) is 0 Å². The average molecular weight is 347 g/mol. The van der Waals surface area contributed by atoms with E-state index in [1.807, 2.05) is 0 Å². The van der Waals surface area contributed by atoms with Crippen LogP contribution in [0.3, 0.4) is 0 Å². The predicted molar refractivity (Wildman–Crippen MR) is 85.6 cm³/mol. The second-order valence-corrected chi connectivity index (χ2v) is 5.93. The normalized spacial score (nSPS) is 11.0. The van der Waals surface area contributed by atoms with Crippen molar-refractivity contribution in [2.75, 3.05) is 0 Å². The summed E-state index contributed by atoms with van der Waals surface area (Å²) >= 11 is 17.8. The maximum atomic E-state index is 6.03. The van der Waals surface area contributed by atoms with E-state index in [9.17, 15) is 0 Å². The molecular formula is C14H14Cl3N3O. The molecule has 0 bridgehead atoms. The first kappa shape index (κ1) is 16.3. The highest BCUT2D eigenvalue weighted by Gasteiger charge is 2.09. The minimum absolute atomic E-state index is 0.198. The van der Waals surface area contributed by atoms with Crippen LogP contribution in [0.2, 0.25) is 15.1 Å². The van der Waals surface area contributed by atoms with Gasteiger partial charge in [0.1, 0.15) is 0 Å². The number of hydrogen-bond acceptors (Lipinski definition) is 4. The fraction of sp³-hybridized carbons (Fsp3) is 0.286. The molecule has 1 heterocycles. The third kappa shape index (κ3) is 4.71. The van der Waals surface area contributed by atoms with Gasteiger partial charge in [0.15, 0.2) is 5.75 Å². The molecule has 4 nitrogen and oxygen atoms in total. The van der Waals surface area contributed by atoms with Crippen molar-refractivity contribution in [3.05, 3.63) is 45.2 Å². The van der Waals surface area contributed by atoms with Crippen molar-refractivity contribution < 1.29 is 4.74 Å². The lowest BCUT2D eigenvalue weighted by molar-refractivity contribution is 0.440. The summed E-state index contributed by atoms with van der Waals surface area (Å²) in [5.74, 6) is 0.360. The van der Waals surface area contributed by atoms with Gasteiger partial charge < -0.3 is 10.1 Å². The van der Waals surface area contributed by atoms with Crippen molar-refractivity contribution in [3.8, 4) is 11.8 Å². The third-order valence-corrected chi connectivity index (χ3v) is 3.59. The minimum Gasteiger partial charge on any atom is -0.423 e. The molecule has 1 aromatic carbocycles. The zero-order chi connectivity index (χ0) is 15.4. The molecule has 2 rings (SSSR count). The zero-order valence-electron chi connectivity index (χ0n) is 11.5. The molecule has 21 heavy (non-hydrogen) atoms. The lowest BCUT2D eigenvalue weighted by Crippen LogP contribution is -2.21. The van der Waals surface area contributed by atoms with Crippen LogP contribution in [0.4, 0.5) is 0 Å². The molecule has 112 valence electrons. The number of benzene rings is 1. The molecule has 0 atom stereocenters. The second-order valence-electron chi connectivity index (χ2n) is 4.71. The third-order valence-electron chi connectivity index (χ3n) is 2.57. The molecule has 0 fully saturated rings. The molecule has 0 spiro atoms. The fourth-order valence-corrected chi connectivity index (χ4v) is 2.07. The van der Waals surface area contributed by atoms with Crippen LogP contribution in [0.1, 0.15) is 19.4 Å². The molecule has 0 aliphatic heterocycles. The monoisotopic (exact) mass is 345 g/mol. The van der Waals surface area contributed by atoms with Gasteiger partial charge in [-0.05, 0) is 6.07 Å². The topological polar surface area (TPSA) is 47.0 Å². The summed E-state index contributed by atoms with van der Waals surface area (Å²) in [6, 6.07) is 3.64. The Morgan fingerprint density at radius 1 is 1.05 bits per heavy atom. The van der Waals surface area contributed by atoms with E-state index >= 15 is 0 Å². The molecule has 0 unspecified atom stereocenters. The molecule has 0 saturated carbocycles. The molecule has 0 aliphatic rings. The minimum atomic E-state index is 0.198. The van der Waals surface area contributed by atoms with Crippen molar-refractivity contribution >= 4 is 34.8 Å². The molecule has 1 aromatic heterocycles. The maximum absolute atomic E-state index is 6.03. The standard InChI is InChI=1S/C14H14Cl3N3O/c1-8(2)18-5-9-6-19-14(20-7-9)21-13-4-11(16)10(15)3-12(13)17/h3-4,6-8,18H,5H2,1-2H3. The smallest absolute Gasteiger partial charge is 0.321 e. The lowest BCUT2D eigenvalue weighted by Gasteiger charge is -2.09. The summed E-state index contributed by atoms with van der Waals surface area (Å²) in [6.07, 6.45) is 3.40. The maximum Gasteiger partial charge on any atom is 0.321 e. The Balaban J connectivity index is 2.08. The van der Waals surface area contributed by atoms with Crippen LogP contribution in [-0.2, 0) is 6.54 Å². The van der Waals surface area contributed by atoms with E-state index in [1.165, 1.54) is 12.1 Å². The van der Waals surface area contributed by atoms with Crippen molar-refractivity contribution in [2.45, 2.75) is 26.4 Å². The van der Waals surface area contributed by atoms with E-state index in [2.05, 4.69) is 29.1 Å². The summed E-state index contributed by atoms with van der Waals surface area (Å²) in [6.45, 7) is 4.85. The molecule has 0 radical (unpaired) electrons. The van der Waals surface area contributed by atoms with Crippen LogP contribution in [0.5, 0.6) is 11.8 Å². The molecular weight excluding hydrogens is 333 g/mol. The Morgan fingerprint density at radius 3 is 2.29 bits per heavy atom. The Morgan fingerprint density at radius 2 is 1.67 bits per heavy atom. The number of ether oxygens (including phenoxy) is 1. The van der Waals surface area contributed by atoms with E-state index in [0.717, 1.165) is 5.56 Å². The first-order valence-corrected chi connectivity index (χ1v) is 7.46. The van der Waals surface area contributed by atoms with Crippen molar-refractivity contribution in [2.24, 2.45) is 0 Å². The molecule has 0 aliphatic carbocycles. The Hall–Kier alpha value is -1.07. The van der Waals surface area contributed by atoms with Gasteiger partial charge in [0.05, 0.1) is 15.1 Å². The number of aromatic nitrogens is 2. The summed E-state index contributed by atoms with van der Waals surface area (Å²) in [5, 5.41) is 4.35. The summed E-state index contributed by atoms with van der Waals surface area (Å²) < 4.78 is 5.51. The number of nitrogens with zero attached hydrogens (tertiary/aromatic N) is 2. The largest absolute Gasteiger partial charge is 0.423 e. The van der Waals surface area contributed by atoms with Gasteiger partial charge in [0, 0.05) is 36.6 Å². The van der Waals surface area contributed by atoms with E-state index in [1.54, 1.807) is 12.4 Å². The Labute approximate surface area is 138 Å². The van der Waals surface area contributed by atoms with Crippen molar-refractivity contribution in [3.63, 3.8) is 0 Å². The van der Waals surface area contributed by atoms with E-state index < -0.39 is 0 Å². The van der Waals surface area contributed by atoms with Gasteiger partial charge in [-0.1, -0.05) is 48.7 Å². The van der Waals surface area contributed by atoms with Gasteiger partial charge in [-0.2, -0.15) is 0 Å². The summed E-state index contributed by atoms with van der Waals surface area (Å²) in [5.41, 5.74) is 0.969. The van der Waals surface area contributed by atoms with E-state index in [-0.39, 0.29) is 6.01 Å². The van der Waals surface area contributed by atoms with Crippen LogP contribution in [0.15, 0.2) is 24.5 Å². The average Bonchev–Trinajstić information content (AvgIpc) is 2.44. The molecule has 2 aromatic rings. The van der Waals surface area contributed by atoms with Crippen LogP contribution < -0.4 is 10.1 Å². The number of nitrogens with one attached hydrogen (secondary N) is 1. The van der Waals surface area contributed by atoms with E-state index in [0.29, 0.717) is 33.4 Å². The zero-order valence-corrected chi connectivity index (χ0v) is 13.8. The van der Waals surface area contributed by atoms with Gasteiger partial charge in [-0.3, -0.25) is 0 Å². The van der Waals surface area contributed by atoms with Crippen LogP contribution >= 0.6 is 34.8 Å². The van der Waals surface area contributed by atoms with E-state index in [4.69, 9.17) is 39.5 Å². The Kier molecular flexibility index (Phi) is 5.65. The molecule has 1 N–H and O–H groups in total. The van der Waals surface area contributed by atoms with Gasteiger partial charge in [-0.15, -0.1) is 0 Å². The first-order chi connectivity index (χ1) is 9.95. The van der Waals surface area contributed by atoms with Crippen molar-refractivity contribution in [1.29, 1.82) is 0 Å². The number of hydrogen-bond donors (Lipinski definition) is 1. The highest BCUT2D eigenvalue weighted by Crippen LogP contribution is 2.35. The van der Waals surface area contributed by atoms with Gasteiger partial charge in [0.2, 0.25) is 0 Å². The highest BCUT2D eigenvalue weighted by molar-refractivity contribution is 6.43. The number of halogens is 3. The first-order valence-electron chi connectivity index (χ1n) is 6.32. The van der Waals surface area contributed by atoms with Gasteiger partial charge in [-0.25, -0.2) is 9.97 Å². The van der Waals surface area contributed by atoms with Gasteiger partial charge in [0.25, 0.3) is 0 Å². The fourth-order valence-electron chi connectivity index (χ4n) is 1.49. The molecule has 0 saturated heterocycles. The summed E-state index contributed by atoms with van der Waals surface area (Å²) in [4.78, 5) is 8.27. The van der Waals surface area contributed by atoms with Crippen molar-refractivity contribution in [1.82, 2.24) is 15.3 Å². The quantitative estimate of drug-likeness (QED) is 0.795. The van der Waals surface area contributed by atoms with Crippen LogP contribution in [-0.4, -0.2) is 16.0 Å². The number of rotatable bonds is 5.